The average molecular weight is 679 g/mol. The zero-order valence-electron chi connectivity index (χ0n) is 29.9. The summed E-state index contributed by atoms with van der Waals surface area (Å²) in [5.74, 6) is 0. The van der Waals surface area contributed by atoms with Crippen LogP contribution in [0.1, 0.15) is 106 Å². The van der Waals surface area contributed by atoms with E-state index in [4.69, 9.17) is 19.0 Å². The van der Waals surface area contributed by atoms with Gasteiger partial charge in [-0.1, -0.05) is 33.3 Å². The van der Waals surface area contributed by atoms with Crippen LogP contribution in [0.4, 0.5) is 9.59 Å². The van der Waals surface area contributed by atoms with Gasteiger partial charge in [0.1, 0.15) is 16.9 Å². The molecule has 4 heterocycles. The summed E-state index contributed by atoms with van der Waals surface area (Å²) in [5.41, 5.74) is 1.49. The zero-order valence-corrected chi connectivity index (χ0v) is 31.7. The third kappa shape index (κ3) is 8.36. The molecule has 0 bridgehead atoms. The Morgan fingerprint density at radius 2 is 1.47 bits per heavy atom. The minimum Gasteiger partial charge on any atom is -0.443 e. The molecular weight excluding hydrogens is 629 g/mol. The maximum Gasteiger partial charge on any atom is 0.435 e. The molecule has 1 aliphatic heterocycles. The van der Waals surface area contributed by atoms with Crippen LogP contribution < -0.4 is 0 Å². The van der Waals surface area contributed by atoms with Crippen LogP contribution in [0.25, 0.3) is 32.5 Å². The molecule has 11 heteroatoms. The quantitative estimate of drug-likeness (QED) is 0.188. The van der Waals surface area contributed by atoms with Crippen molar-refractivity contribution < 1.29 is 23.5 Å². The molecule has 0 saturated carbocycles. The van der Waals surface area contributed by atoms with Gasteiger partial charge < -0.3 is 13.9 Å². The summed E-state index contributed by atoms with van der Waals surface area (Å²) in [5, 5.41) is 5.73. The van der Waals surface area contributed by atoms with Crippen LogP contribution in [-0.4, -0.2) is 65.5 Å². The molecule has 5 rings (SSSR count). The lowest BCUT2D eigenvalue weighted by Crippen LogP contribution is -2.29. The number of nitrogens with zero attached hydrogens (tertiary/aromatic N) is 4. The van der Waals surface area contributed by atoms with Crippen molar-refractivity contribution in [2.45, 2.75) is 124 Å². The minimum absolute atomic E-state index is 0.0421. The average Bonchev–Trinajstić information content (AvgIpc) is 3.61. The molecule has 3 aromatic heterocycles. The predicted molar refractivity (Wildman–Crippen MR) is 191 cm³/mol. The van der Waals surface area contributed by atoms with Gasteiger partial charge in [-0.3, -0.25) is 4.90 Å². The smallest absolute Gasteiger partial charge is 0.435 e. The first-order valence-electron chi connectivity index (χ1n) is 16.5. The summed E-state index contributed by atoms with van der Waals surface area (Å²) in [7, 11) is 0.315. The fourth-order valence-electron chi connectivity index (χ4n) is 5.59. The molecule has 1 aliphatic rings. The van der Waals surface area contributed by atoms with Crippen molar-refractivity contribution in [1.82, 2.24) is 19.2 Å². The predicted octanol–water partition coefficient (Wildman–Crippen LogP) is 9.36. The molecule has 0 N–H and O–H groups in total. The molecule has 4 aromatic rings. The van der Waals surface area contributed by atoms with E-state index >= 15 is 0 Å². The Morgan fingerprint density at radius 3 is 2.09 bits per heavy atom. The van der Waals surface area contributed by atoms with Gasteiger partial charge in [0.2, 0.25) is 9.76 Å². The zero-order chi connectivity index (χ0) is 34.5. The second kappa shape index (κ2) is 12.8. The number of aromatic nitrogens is 3. The van der Waals surface area contributed by atoms with Gasteiger partial charge >= 0.3 is 12.2 Å². The highest BCUT2D eigenvalue weighted by atomic mass is 32.1. The Morgan fingerprint density at radius 1 is 0.830 bits per heavy atom. The van der Waals surface area contributed by atoms with Crippen molar-refractivity contribution in [3.63, 3.8) is 0 Å². The Balaban J connectivity index is 1.68. The van der Waals surface area contributed by atoms with Crippen LogP contribution >= 0.6 is 11.3 Å². The first kappa shape index (κ1) is 35.3. The number of carbonyl (C=O) groups is 2. The highest BCUT2D eigenvalue weighted by Gasteiger charge is 2.31. The van der Waals surface area contributed by atoms with Gasteiger partial charge in [-0.15, -0.1) is 11.3 Å². The molecule has 0 amide bonds. The largest absolute Gasteiger partial charge is 0.443 e. The number of thiophene rings is 1. The van der Waals surface area contributed by atoms with Crippen molar-refractivity contribution in [3.05, 3.63) is 40.8 Å². The van der Waals surface area contributed by atoms with Crippen LogP contribution in [0.2, 0.25) is 5.04 Å². The topological polar surface area (TPSA) is 87.8 Å². The fraction of sp³-hybridized carbons (Fsp3) is 0.583. The fourth-order valence-corrected chi connectivity index (χ4v) is 7.44. The molecule has 47 heavy (non-hydrogen) atoms. The van der Waals surface area contributed by atoms with Crippen molar-refractivity contribution in [2.75, 3.05) is 13.1 Å². The Labute approximate surface area is 285 Å². The highest BCUT2D eigenvalue weighted by Crippen LogP contribution is 2.40. The molecule has 0 unspecified atom stereocenters. The van der Waals surface area contributed by atoms with Gasteiger partial charge in [0.25, 0.3) is 0 Å². The molecule has 9 nitrogen and oxygen atoms in total. The number of fused-ring (bicyclic) bond motifs is 2. The molecule has 0 atom stereocenters. The van der Waals surface area contributed by atoms with Gasteiger partial charge in [-0.2, -0.15) is 9.78 Å². The minimum atomic E-state index is -0.718. The number of rotatable bonds is 6. The highest BCUT2D eigenvalue weighted by molar-refractivity contribution is 7.19. The molecule has 1 saturated heterocycles. The number of carbonyl (C=O) groups excluding carboxylic acids is 2. The van der Waals surface area contributed by atoms with Gasteiger partial charge in [0, 0.05) is 16.8 Å². The second-order valence-electron chi connectivity index (χ2n) is 16.1. The third-order valence-corrected chi connectivity index (χ3v) is 10.1. The first-order valence-corrected chi connectivity index (χ1v) is 18.3. The lowest BCUT2D eigenvalue weighted by atomic mass is 9.97. The van der Waals surface area contributed by atoms with E-state index < -0.39 is 29.0 Å². The van der Waals surface area contributed by atoms with Gasteiger partial charge in [-0.05, 0) is 116 Å². The number of likely N-dealkylation sites (tertiary alicyclic amines) is 1. The van der Waals surface area contributed by atoms with Crippen LogP contribution in [0.5, 0.6) is 0 Å². The van der Waals surface area contributed by atoms with E-state index in [2.05, 4.69) is 45.6 Å². The first-order chi connectivity index (χ1) is 21.7. The molecule has 2 radical (unpaired) electrons. The van der Waals surface area contributed by atoms with E-state index in [9.17, 15) is 9.59 Å². The lowest BCUT2D eigenvalue weighted by Gasteiger charge is -2.29. The number of ether oxygens (including phenoxy) is 2. The van der Waals surface area contributed by atoms with Crippen LogP contribution in [0.3, 0.4) is 0 Å². The maximum absolute atomic E-state index is 13.9. The molecule has 254 valence electrons. The standard InChI is InChI=1S/C36H50N4O5SSi/c1-33(2,3)43-31(41)39-26-16-15-24(36(10,11)45-47-35(7,8)9)19-23(26)20-27(39)29-30-28(40(37-29)32(42)44-34(4,5)6)21-25(46-30)22-38-17-13-12-14-18-38/h15-16,19-21H,12-14,17-18,22H2,1-11H3. The summed E-state index contributed by atoms with van der Waals surface area (Å²) in [6, 6.07) is 10.0. The van der Waals surface area contributed by atoms with E-state index in [1.807, 2.05) is 65.8 Å². The lowest BCUT2D eigenvalue weighted by molar-refractivity contribution is 0.0520. The number of hydrogen-bond acceptors (Lipinski definition) is 8. The van der Waals surface area contributed by atoms with E-state index in [0.717, 1.165) is 40.2 Å². The Bertz CT molecular complexity index is 1770. The molecule has 1 fully saturated rings. The van der Waals surface area contributed by atoms with Crippen molar-refractivity contribution in [1.29, 1.82) is 0 Å². The Kier molecular flexibility index (Phi) is 9.62. The van der Waals surface area contributed by atoms with Crippen LogP contribution in [0.15, 0.2) is 30.3 Å². The molecule has 0 aliphatic carbocycles. The normalized spacial score (nSPS) is 15.5. The summed E-state index contributed by atoms with van der Waals surface area (Å²) < 4.78 is 21.9. The molecule has 0 spiro atoms. The summed E-state index contributed by atoms with van der Waals surface area (Å²) in [6.45, 7) is 24.6. The van der Waals surface area contributed by atoms with Gasteiger partial charge in [0.05, 0.1) is 27.0 Å². The summed E-state index contributed by atoms with van der Waals surface area (Å²) >= 11 is 1.61. The number of hydrogen-bond donors (Lipinski definition) is 0. The van der Waals surface area contributed by atoms with E-state index in [1.165, 1.54) is 23.9 Å². The van der Waals surface area contributed by atoms with E-state index in [-0.39, 0.29) is 5.04 Å². The van der Waals surface area contributed by atoms with E-state index in [0.29, 0.717) is 32.2 Å². The number of benzene rings is 1. The monoisotopic (exact) mass is 678 g/mol. The second-order valence-corrected chi connectivity index (χ2v) is 19.1. The molecule has 1 aromatic carbocycles. The van der Waals surface area contributed by atoms with E-state index in [1.54, 1.807) is 15.9 Å². The van der Waals surface area contributed by atoms with Gasteiger partial charge in [0.15, 0.2) is 0 Å². The molecular formula is C36H50N4O5SSi. The van der Waals surface area contributed by atoms with Crippen molar-refractivity contribution >= 4 is 54.4 Å². The van der Waals surface area contributed by atoms with Crippen LogP contribution in [-0.2, 0) is 26.0 Å². The SMILES string of the molecule is CC(C)(C)OC(=O)n1nc(-c2cc3cc(C(C)(C)O[Si]C(C)(C)C)ccc3n2C(=O)OC(C)(C)C)c2sc(CN3CCCCC3)cc21. The maximum atomic E-state index is 13.9. The Hall–Kier alpha value is -2.99. The van der Waals surface area contributed by atoms with Crippen molar-refractivity contribution in [2.24, 2.45) is 0 Å². The van der Waals surface area contributed by atoms with Crippen LogP contribution in [0, 0.1) is 0 Å². The van der Waals surface area contributed by atoms with Gasteiger partial charge in [-0.25, -0.2) is 14.2 Å². The number of piperidine rings is 1. The summed E-state index contributed by atoms with van der Waals surface area (Å²) in [6.07, 6.45) is 2.58. The summed E-state index contributed by atoms with van der Waals surface area (Å²) in [4.78, 5) is 31.1. The third-order valence-electron chi connectivity index (χ3n) is 7.73. The van der Waals surface area contributed by atoms with Crippen molar-refractivity contribution in [3.8, 4) is 11.4 Å².